The second-order valence-corrected chi connectivity index (χ2v) is 5.35. The third-order valence-electron chi connectivity index (χ3n) is 2.85. The van der Waals surface area contributed by atoms with Crippen molar-refractivity contribution in [3.05, 3.63) is 28.8 Å². The molecule has 0 radical (unpaired) electrons. The lowest BCUT2D eigenvalue weighted by molar-refractivity contribution is 0.0944. The molecule has 1 aromatic carbocycles. The fraction of sp³-hybridized carbons (Fsp3) is 0.462. The summed E-state index contributed by atoms with van der Waals surface area (Å²) in [4.78, 5) is 11.9. The Balaban J connectivity index is 2.59. The fourth-order valence-electron chi connectivity index (χ4n) is 1.63. The van der Waals surface area contributed by atoms with Crippen molar-refractivity contribution in [1.29, 1.82) is 0 Å². The zero-order valence-corrected chi connectivity index (χ0v) is 12.6. The summed E-state index contributed by atoms with van der Waals surface area (Å²) in [6.45, 7) is 2.71. The largest absolute Gasteiger partial charge is 0.507 e. The zero-order chi connectivity index (χ0) is 13.5. The molecule has 0 aliphatic carbocycles. The SMILES string of the molecule is CCC(CCBr)CNC(=O)c1ccc(Cl)cc1O. The number of hydrogen-bond donors (Lipinski definition) is 2. The van der Waals surface area contributed by atoms with Gasteiger partial charge >= 0.3 is 0 Å². The lowest BCUT2D eigenvalue weighted by Crippen LogP contribution is -2.29. The van der Waals surface area contributed by atoms with Crippen molar-refractivity contribution in [3.63, 3.8) is 0 Å². The van der Waals surface area contributed by atoms with Crippen LogP contribution in [0.3, 0.4) is 0 Å². The number of benzene rings is 1. The number of amides is 1. The van der Waals surface area contributed by atoms with Crippen LogP contribution in [-0.4, -0.2) is 22.9 Å². The van der Waals surface area contributed by atoms with Crippen molar-refractivity contribution in [2.75, 3.05) is 11.9 Å². The Labute approximate surface area is 121 Å². The zero-order valence-electron chi connectivity index (χ0n) is 10.2. The van der Waals surface area contributed by atoms with E-state index in [9.17, 15) is 9.90 Å². The van der Waals surface area contributed by atoms with E-state index in [0.29, 0.717) is 17.5 Å². The minimum Gasteiger partial charge on any atom is -0.507 e. The van der Waals surface area contributed by atoms with Crippen LogP contribution in [0.5, 0.6) is 5.75 Å². The number of rotatable bonds is 6. The number of phenols is 1. The van der Waals surface area contributed by atoms with Crippen LogP contribution in [0.15, 0.2) is 18.2 Å². The summed E-state index contributed by atoms with van der Waals surface area (Å²) in [6, 6.07) is 4.48. The molecule has 2 N–H and O–H groups in total. The predicted octanol–water partition coefficient (Wildman–Crippen LogP) is 3.59. The van der Waals surface area contributed by atoms with Gasteiger partial charge in [0.2, 0.25) is 0 Å². The molecule has 5 heteroatoms. The highest BCUT2D eigenvalue weighted by atomic mass is 79.9. The van der Waals surface area contributed by atoms with Gasteiger partial charge in [-0.15, -0.1) is 0 Å². The first-order valence-electron chi connectivity index (χ1n) is 5.91. The number of phenolic OH excluding ortho intramolecular Hbond substituents is 1. The van der Waals surface area contributed by atoms with Gasteiger partial charge in [0.25, 0.3) is 5.91 Å². The highest BCUT2D eigenvalue weighted by Crippen LogP contribution is 2.21. The van der Waals surface area contributed by atoms with E-state index in [-0.39, 0.29) is 17.2 Å². The maximum atomic E-state index is 11.9. The average Bonchev–Trinajstić information content (AvgIpc) is 2.34. The first-order valence-corrected chi connectivity index (χ1v) is 7.41. The minimum atomic E-state index is -0.266. The van der Waals surface area contributed by atoms with Gasteiger partial charge in [0.1, 0.15) is 5.75 Å². The Morgan fingerprint density at radius 3 is 2.83 bits per heavy atom. The summed E-state index contributed by atoms with van der Waals surface area (Å²) in [7, 11) is 0. The van der Waals surface area contributed by atoms with Gasteiger partial charge in [-0.25, -0.2) is 0 Å². The fourth-order valence-corrected chi connectivity index (χ4v) is 2.45. The molecule has 0 saturated carbocycles. The van der Waals surface area contributed by atoms with E-state index < -0.39 is 0 Å². The number of carbonyl (C=O) groups excluding carboxylic acids is 1. The summed E-state index contributed by atoms with van der Waals surface area (Å²) in [5.74, 6) is 0.0912. The summed E-state index contributed by atoms with van der Waals surface area (Å²) in [5, 5.41) is 13.8. The summed E-state index contributed by atoms with van der Waals surface area (Å²) in [5.41, 5.74) is 0.257. The molecule has 1 atom stereocenters. The molecule has 3 nitrogen and oxygen atoms in total. The van der Waals surface area contributed by atoms with E-state index in [1.807, 2.05) is 0 Å². The second-order valence-electron chi connectivity index (χ2n) is 4.12. The number of alkyl halides is 1. The Morgan fingerprint density at radius 2 is 2.28 bits per heavy atom. The van der Waals surface area contributed by atoms with Crippen LogP contribution in [0.2, 0.25) is 5.02 Å². The van der Waals surface area contributed by atoms with Gasteiger partial charge in [0.05, 0.1) is 5.56 Å². The van der Waals surface area contributed by atoms with Gasteiger partial charge in [-0.2, -0.15) is 0 Å². The Hall–Kier alpha value is -0.740. The summed E-state index contributed by atoms with van der Waals surface area (Å²) in [6.07, 6.45) is 2.03. The third-order valence-corrected chi connectivity index (χ3v) is 3.54. The van der Waals surface area contributed by atoms with Crippen LogP contribution < -0.4 is 5.32 Å². The van der Waals surface area contributed by atoms with E-state index >= 15 is 0 Å². The maximum Gasteiger partial charge on any atom is 0.255 e. The quantitative estimate of drug-likeness (QED) is 0.781. The maximum absolute atomic E-state index is 11.9. The van der Waals surface area contributed by atoms with Crippen LogP contribution in [0.4, 0.5) is 0 Å². The average molecular weight is 335 g/mol. The van der Waals surface area contributed by atoms with Gasteiger partial charge in [0.15, 0.2) is 0 Å². The molecule has 0 aliphatic rings. The van der Waals surface area contributed by atoms with Gasteiger partial charge < -0.3 is 10.4 Å². The lowest BCUT2D eigenvalue weighted by atomic mass is 10.0. The van der Waals surface area contributed by atoms with Crippen LogP contribution in [0.25, 0.3) is 0 Å². The molecule has 0 fully saturated rings. The molecule has 18 heavy (non-hydrogen) atoms. The predicted molar refractivity (Wildman–Crippen MR) is 77.6 cm³/mol. The Morgan fingerprint density at radius 1 is 1.56 bits per heavy atom. The van der Waals surface area contributed by atoms with E-state index in [2.05, 4.69) is 28.2 Å². The molecule has 1 rings (SSSR count). The monoisotopic (exact) mass is 333 g/mol. The number of nitrogens with one attached hydrogen (secondary N) is 1. The summed E-state index contributed by atoms with van der Waals surface area (Å²) >= 11 is 9.11. The van der Waals surface area contributed by atoms with Crippen LogP contribution in [-0.2, 0) is 0 Å². The molecular weight excluding hydrogens is 318 g/mol. The molecule has 100 valence electrons. The number of carbonyl (C=O) groups is 1. The molecule has 1 amide bonds. The standard InChI is InChI=1S/C13H17BrClNO2/c1-2-9(5-6-14)8-16-13(18)11-4-3-10(15)7-12(11)17/h3-4,7,9,17H,2,5-6,8H2,1H3,(H,16,18). The van der Waals surface area contributed by atoms with Gasteiger partial charge in [0, 0.05) is 16.9 Å². The van der Waals surface area contributed by atoms with E-state index in [4.69, 9.17) is 11.6 Å². The van der Waals surface area contributed by atoms with Crippen molar-refractivity contribution in [2.24, 2.45) is 5.92 Å². The molecule has 1 aromatic rings. The van der Waals surface area contributed by atoms with E-state index in [1.165, 1.54) is 12.1 Å². The van der Waals surface area contributed by atoms with Crippen molar-refractivity contribution in [1.82, 2.24) is 5.32 Å². The molecule has 0 spiro atoms. The second kappa shape index (κ2) is 7.64. The molecule has 1 unspecified atom stereocenters. The van der Waals surface area contributed by atoms with Crippen LogP contribution in [0.1, 0.15) is 30.1 Å². The normalized spacial score (nSPS) is 12.2. The van der Waals surface area contributed by atoms with Crippen molar-refractivity contribution in [2.45, 2.75) is 19.8 Å². The van der Waals surface area contributed by atoms with Gasteiger partial charge in [-0.1, -0.05) is 40.9 Å². The Kier molecular flexibility index (Phi) is 6.50. The molecule has 0 heterocycles. The van der Waals surface area contributed by atoms with Crippen molar-refractivity contribution < 1.29 is 9.90 Å². The molecule has 0 aliphatic heterocycles. The summed E-state index contributed by atoms with van der Waals surface area (Å²) < 4.78 is 0. The molecule has 0 saturated heterocycles. The molecular formula is C13H17BrClNO2. The first kappa shape index (κ1) is 15.3. The highest BCUT2D eigenvalue weighted by Gasteiger charge is 2.13. The van der Waals surface area contributed by atoms with Crippen LogP contribution >= 0.6 is 27.5 Å². The molecule has 0 bridgehead atoms. The molecule has 0 aromatic heterocycles. The Bertz CT molecular complexity index is 412. The number of aromatic hydroxyl groups is 1. The van der Waals surface area contributed by atoms with Crippen LogP contribution in [0, 0.1) is 5.92 Å². The smallest absolute Gasteiger partial charge is 0.255 e. The van der Waals surface area contributed by atoms with Crippen molar-refractivity contribution in [3.8, 4) is 5.75 Å². The minimum absolute atomic E-state index is 0.0893. The highest BCUT2D eigenvalue weighted by molar-refractivity contribution is 9.09. The number of halogens is 2. The van der Waals surface area contributed by atoms with Crippen molar-refractivity contribution >= 4 is 33.4 Å². The number of hydrogen-bond acceptors (Lipinski definition) is 2. The van der Waals surface area contributed by atoms with E-state index in [1.54, 1.807) is 6.07 Å². The third kappa shape index (κ3) is 4.50. The van der Waals surface area contributed by atoms with E-state index in [0.717, 1.165) is 18.2 Å². The topological polar surface area (TPSA) is 49.3 Å². The van der Waals surface area contributed by atoms with Gasteiger partial charge in [-0.3, -0.25) is 4.79 Å². The first-order chi connectivity index (χ1) is 8.58. The lowest BCUT2D eigenvalue weighted by Gasteiger charge is -2.14. The van der Waals surface area contributed by atoms with Gasteiger partial charge in [-0.05, 0) is 30.5 Å².